The number of amides is 1. The third-order valence-electron chi connectivity index (χ3n) is 5.51. The van der Waals surface area contributed by atoms with Crippen LogP contribution < -0.4 is 11.1 Å². The third kappa shape index (κ3) is 4.99. The fourth-order valence-corrected chi connectivity index (χ4v) is 3.65. The van der Waals surface area contributed by atoms with Crippen molar-refractivity contribution in [2.24, 2.45) is 7.05 Å². The molecule has 0 aliphatic carbocycles. The normalized spacial score (nSPS) is 12.1. The monoisotopic (exact) mass is 482 g/mol. The third-order valence-corrected chi connectivity index (χ3v) is 5.51. The molecule has 0 radical (unpaired) electrons. The Hall–Kier alpha value is -4.25. The highest BCUT2D eigenvalue weighted by Crippen LogP contribution is 2.30. The van der Waals surface area contributed by atoms with Crippen LogP contribution in [0, 0.1) is 5.82 Å². The zero-order valence-electron chi connectivity index (χ0n) is 18.5. The van der Waals surface area contributed by atoms with Gasteiger partial charge in [-0.2, -0.15) is 0 Å². The van der Waals surface area contributed by atoms with Gasteiger partial charge in [-0.25, -0.2) is 22.8 Å². The molecule has 0 saturated heterocycles. The van der Waals surface area contributed by atoms with Crippen molar-refractivity contribution in [3.8, 4) is 22.4 Å². The van der Waals surface area contributed by atoms with Gasteiger partial charge in [0.25, 0.3) is 12.3 Å². The van der Waals surface area contributed by atoms with Crippen LogP contribution in [0.5, 0.6) is 0 Å². The van der Waals surface area contributed by atoms with E-state index >= 15 is 0 Å². The molecule has 35 heavy (non-hydrogen) atoms. The number of nitrogens with zero attached hydrogens (tertiary/aromatic N) is 4. The summed E-state index contributed by atoms with van der Waals surface area (Å²) in [7, 11) is 1.72. The molecule has 0 bridgehead atoms. The maximum absolute atomic E-state index is 15.0. The molecule has 4 aromatic rings. The van der Waals surface area contributed by atoms with Crippen LogP contribution in [0.2, 0.25) is 0 Å². The van der Waals surface area contributed by atoms with E-state index in [1.54, 1.807) is 30.2 Å². The highest BCUT2D eigenvalue weighted by molar-refractivity contribution is 5.95. The van der Waals surface area contributed by atoms with E-state index in [9.17, 15) is 23.1 Å². The molecule has 8 nitrogen and oxygen atoms in total. The number of halogens is 3. The van der Waals surface area contributed by atoms with Gasteiger partial charge in [-0.05, 0) is 35.4 Å². The molecule has 4 N–H and O–H groups in total. The van der Waals surface area contributed by atoms with Crippen molar-refractivity contribution < 1.29 is 23.1 Å². The number of aliphatic hydroxyl groups excluding tert-OH is 1. The van der Waals surface area contributed by atoms with E-state index in [1.807, 2.05) is 0 Å². The minimum absolute atomic E-state index is 0.166. The lowest BCUT2D eigenvalue weighted by molar-refractivity contribution is 0.0912. The summed E-state index contributed by atoms with van der Waals surface area (Å²) in [6, 6.07) is 9.98. The predicted molar refractivity (Wildman–Crippen MR) is 123 cm³/mol. The van der Waals surface area contributed by atoms with Crippen LogP contribution in [-0.2, 0) is 7.05 Å². The Balaban J connectivity index is 1.59. The smallest absolute Gasteiger partial charge is 0.263 e. The first kappa shape index (κ1) is 23.9. The summed E-state index contributed by atoms with van der Waals surface area (Å²) in [6.07, 6.45) is 0.400. The Morgan fingerprint density at radius 2 is 1.89 bits per heavy atom. The molecule has 2 heterocycles. The topological polar surface area (TPSA) is 119 Å². The Morgan fingerprint density at radius 1 is 1.11 bits per heavy atom. The van der Waals surface area contributed by atoms with Gasteiger partial charge in [0, 0.05) is 29.9 Å². The van der Waals surface area contributed by atoms with Gasteiger partial charge in [-0.3, -0.25) is 4.79 Å². The zero-order valence-corrected chi connectivity index (χ0v) is 18.5. The van der Waals surface area contributed by atoms with Crippen molar-refractivity contribution in [1.29, 1.82) is 0 Å². The van der Waals surface area contributed by atoms with Crippen LogP contribution >= 0.6 is 0 Å². The average Bonchev–Trinajstić information content (AvgIpc) is 3.28. The molecule has 0 fully saturated rings. The van der Waals surface area contributed by atoms with Crippen LogP contribution in [-0.4, -0.2) is 37.6 Å². The quantitative estimate of drug-likeness (QED) is 0.370. The van der Waals surface area contributed by atoms with Gasteiger partial charge in [0.15, 0.2) is 0 Å². The maximum atomic E-state index is 15.0. The molecule has 2 aromatic heterocycles. The van der Waals surface area contributed by atoms with Gasteiger partial charge in [0.1, 0.15) is 11.6 Å². The number of pyridine rings is 1. The minimum atomic E-state index is -2.70. The van der Waals surface area contributed by atoms with E-state index < -0.39 is 30.8 Å². The number of carbonyl (C=O) groups is 1. The van der Waals surface area contributed by atoms with Crippen molar-refractivity contribution in [3.05, 3.63) is 83.4 Å². The first-order chi connectivity index (χ1) is 16.8. The number of hydrogen-bond donors (Lipinski definition) is 3. The second kappa shape index (κ2) is 9.94. The summed E-state index contributed by atoms with van der Waals surface area (Å²) in [5.74, 6) is -1.47. The van der Waals surface area contributed by atoms with E-state index in [0.717, 1.165) is 6.07 Å². The fraction of sp³-hybridized carbons (Fsp3) is 0.167. The highest BCUT2D eigenvalue weighted by Gasteiger charge is 2.20. The molecule has 0 saturated carbocycles. The lowest BCUT2D eigenvalue weighted by Crippen LogP contribution is -2.31. The molecular weight excluding hydrogens is 461 g/mol. The molecule has 180 valence electrons. The Morgan fingerprint density at radius 3 is 2.54 bits per heavy atom. The predicted octanol–water partition coefficient (Wildman–Crippen LogP) is 3.67. The summed E-state index contributed by atoms with van der Waals surface area (Å²) < 4.78 is 42.5. The molecule has 2 aromatic carbocycles. The minimum Gasteiger partial charge on any atom is -0.394 e. The van der Waals surface area contributed by atoms with Crippen LogP contribution in [0.3, 0.4) is 0 Å². The summed E-state index contributed by atoms with van der Waals surface area (Å²) in [4.78, 5) is 16.9. The van der Waals surface area contributed by atoms with Crippen molar-refractivity contribution in [1.82, 2.24) is 25.3 Å². The lowest BCUT2D eigenvalue weighted by Gasteiger charge is -2.18. The van der Waals surface area contributed by atoms with Crippen molar-refractivity contribution in [2.45, 2.75) is 12.5 Å². The van der Waals surface area contributed by atoms with Gasteiger partial charge in [0.05, 0.1) is 30.1 Å². The number of carbonyl (C=O) groups excluding carboxylic acids is 1. The highest BCUT2D eigenvalue weighted by atomic mass is 19.3. The number of nitrogens with one attached hydrogen (secondary N) is 1. The fourth-order valence-electron chi connectivity index (χ4n) is 3.65. The number of aromatic nitrogens is 4. The molecule has 1 atom stereocenters. The standard InChI is InChI=1S/C24H21F3N6O2/c1-33-21(11-30-32-33)16-8-18(23(28)29-10-16)13-5-6-17(19(25)9-13)24(35)31-20(12-34)14-3-2-4-15(7-14)22(26)27/h2-11,20,22,34H,12H2,1H3,(H2,28,29)(H,31,35). The average molecular weight is 482 g/mol. The second-order valence-electron chi connectivity index (χ2n) is 7.77. The molecule has 0 aliphatic rings. The number of hydrogen-bond acceptors (Lipinski definition) is 6. The maximum Gasteiger partial charge on any atom is 0.263 e. The number of benzene rings is 2. The molecule has 4 rings (SSSR count). The number of aliphatic hydroxyl groups is 1. The summed E-state index contributed by atoms with van der Waals surface area (Å²) >= 11 is 0. The number of nitrogen functional groups attached to an aromatic ring is 1. The van der Waals surface area contributed by atoms with Gasteiger partial charge in [0.2, 0.25) is 0 Å². The van der Waals surface area contributed by atoms with E-state index in [4.69, 9.17) is 5.73 Å². The molecular formula is C24H21F3N6O2. The molecule has 0 aliphatic heterocycles. The number of nitrogens with two attached hydrogens (primary N) is 1. The summed E-state index contributed by atoms with van der Waals surface area (Å²) in [6.45, 7) is -0.560. The second-order valence-corrected chi connectivity index (χ2v) is 7.77. The van der Waals surface area contributed by atoms with Gasteiger partial charge in [-0.1, -0.05) is 29.5 Å². The SMILES string of the molecule is Cn1nncc1-c1cnc(N)c(-c2ccc(C(=O)NC(CO)c3cccc(C(F)F)c3)c(F)c2)c1. The van der Waals surface area contributed by atoms with Crippen LogP contribution in [0.25, 0.3) is 22.4 Å². The number of rotatable bonds is 7. The Labute approximate surface area is 198 Å². The van der Waals surface area contributed by atoms with Crippen LogP contribution in [0.4, 0.5) is 19.0 Å². The Bertz CT molecular complexity index is 1380. The van der Waals surface area contributed by atoms with Crippen LogP contribution in [0.15, 0.2) is 60.9 Å². The molecule has 1 unspecified atom stereocenters. The number of anilines is 1. The first-order valence-corrected chi connectivity index (χ1v) is 10.5. The summed E-state index contributed by atoms with van der Waals surface area (Å²) in [5, 5.41) is 19.9. The number of alkyl halides is 2. The molecule has 0 spiro atoms. The molecule has 11 heteroatoms. The van der Waals surface area contributed by atoms with E-state index in [2.05, 4.69) is 20.6 Å². The van der Waals surface area contributed by atoms with Crippen molar-refractivity contribution >= 4 is 11.7 Å². The molecule has 1 amide bonds. The van der Waals surface area contributed by atoms with E-state index in [-0.39, 0.29) is 22.5 Å². The van der Waals surface area contributed by atoms with Gasteiger partial charge in [-0.15, -0.1) is 5.10 Å². The zero-order chi connectivity index (χ0) is 25.1. The van der Waals surface area contributed by atoms with Gasteiger partial charge < -0.3 is 16.2 Å². The first-order valence-electron chi connectivity index (χ1n) is 10.5. The van der Waals surface area contributed by atoms with Crippen molar-refractivity contribution in [3.63, 3.8) is 0 Å². The van der Waals surface area contributed by atoms with E-state index in [1.165, 1.54) is 36.4 Å². The van der Waals surface area contributed by atoms with Crippen LogP contribution in [0.1, 0.15) is 34.0 Å². The van der Waals surface area contributed by atoms with Gasteiger partial charge >= 0.3 is 0 Å². The lowest BCUT2D eigenvalue weighted by atomic mass is 10.0. The van der Waals surface area contributed by atoms with E-state index in [0.29, 0.717) is 22.4 Å². The Kier molecular flexibility index (Phi) is 6.78. The number of aryl methyl sites for hydroxylation is 1. The van der Waals surface area contributed by atoms with Crippen molar-refractivity contribution in [2.75, 3.05) is 12.3 Å². The summed E-state index contributed by atoms with van der Waals surface area (Å²) in [5.41, 5.74) is 7.95. The largest absolute Gasteiger partial charge is 0.394 e.